The van der Waals surface area contributed by atoms with E-state index in [9.17, 15) is 9.59 Å². The molecule has 0 saturated heterocycles. The lowest BCUT2D eigenvalue weighted by atomic mass is 9.53. The summed E-state index contributed by atoms with van der Waals surface area (Å²) >= 11 is 0. The van der Waals surface area contributed by atoms with Crippen molar-refractivity contribution in [2.75, 3.05) is 6.54 Å². The normalized spacial score (nSPS) is 33.0. The van der Waals surface area contributed by atoms with Crippen LogP contribution in [-0.2, 0) is 16.0 Å². The van der Waals surface area contributed by atoms with Crippen LogP contribution in [0.4, 0.5) is 0 Å². The first-order valence-electron chi connectivity index (χ1n) is 10.1. The van der Waals surface area contributed by atoms with E-state index in [2.05, 4.69) is 10.6 Å². The van der Waals surface area contributed by atoms with Crippen molar-refractivity contribution >= 4 is 11.7 Å². The van der Waals surface area contributed by atoms with Crippen LogP contribution >= 0.6 is 0 Å². The van der Waals surface area contributed by atoms with E-state index in [-0.39, 0.29) is 17.2 Å². The molecule has 0 heterocycles. The first-order valence-corrected chi connectivity index (χ1v) is 10.1. The van der Waals surface area contributed by atoms with Crippen LogP contribution < -0.4 is 10.6 Å². The monoisotopic (exact) mass is 354 g/mol. The third-order valence-electron chi connectivity index (χ3n) is 6.77. The molecule has 2 N–H and O–H groups in total. The number of Topliss-reactive ketones (excluding diaryl/α,β-unsaturated/α-hetero) is 1. The Labute approximate surface area is 156 Å². The second-order valence-corrected chi connectivity index (χ2v) is 8.97. The molecule has 0 unspecified atom stereocenters. The fourth-order valence-electron chi connectivity index (χ4n) is 5.99. The van der Waals surface area contributed by atoms with Crippen molar-refractivity contribution in [1.82, 2.24) is 10.6 Å². The number of benzene rings is 1. The summed E-state index contributed by atoms with van der Waals surface area (Å²) < 4.78 is 0. The van der Waals surface area contributed by atoms with Gasteiger partial charge in [-0.3, -0.25) is 9.59 Å². The van der Waals surface area contributed by atoms with E-state index in [1.165, 1.54) is 38.5 Å². The van der Waals surface area contributed by atoms with Gasteiger partial charge < -0.3 is 10.6 Å². The number of amides is 1. The molecule has 1 amide bonds. The molecule has 140 valence electrons. The maximum absolute atomic E-state index is 12.5. The summed E-state index contributed by atoms with van der Waals surface area (Å²) in [7, 11) is 0. The molecule has 4 aliphatic rings. The molecule has 26 heavy (non-hydrogen) atoms. The fourth-order valence-corrected chi connectivity index (χ4v) is 5.99. The number of ketones is 1. The highest BCUT2D eigenvalue weighted by molar-refractivity contribution is 5.88. The Morgan fingerprint density at radius 3 is 2.15 bits per heavy atom. The molecule has 4 saturated carbocycles. The molecule has 0 radical (unpaired) electrons. The molecule has 0 spiro atoms. The Kier molecular flexibility index (Phi) is 4.87. The zero-order chi connectivity index (χ0) is 18.1. The van der Waals surface area contributed by atoms with Crippen molar-refractivity contribution in [3.8, 4) is 0 Å². The SMILES string of the molecule is CC(=O)[C@@H](Cc1ccccc1)NC(=O)CNC12CC3CC(CC(C3)C1)C2. The molecule has 0 aromatic heterocycles. The van der Waals surface area contributed by atoms with Crippen molar-refractivity contribution in [2.24, 2.45) is 17.8 Å². The highest BCUT2D eigenvalue weighted by Gasteiger charge is 2.50. The Morgan fingerprint density at radius 1 is 1.04 bits per heavy atom. The topological polar surface area (TPSA) is 58.2 Å². The van der Waals surface area contributed by atoms with Gasteiger partial charge in [-0.15, -0.1) is 0 Å². The predicted molar refractivity (Wildman–Crippen MR) is 102 cm³/mol. The molecule has 1 aromatic carbocycles. The average Bonchev–Trinajstić information content (AvgIpc) is 2.59. The van der Waals surface area contributed by atoms with Gasteiger partial charge in [-0.05, 0) is 75.2 Å². The molecule has 4 bridgehead atoms. The summed E-state index contributed by atoms with van der Waals surface area (Å²) in [5, 5.41) is 6.56. The molecular formula is C22H30N2O2. The van der Waals surface area contributed by atoms with Crippen LogP contribution in [0, 0.1) is 17.8 Å². The van der Waals surface area contributed by atoms with Gasteiger partial charge in [0, 0.05) is 5.54 Å². The number of hydrogen-bond acceptors (Lipinski definition) is 3. The number of nitrogens with one attached hydrogen (secondary N) is 2. The number of carbonyl (C=O) groups excluding carboxylic acids is 2. The first kappa shape index (κ1) is 17.7. The summed E-state index contributed by atoms with van der Waals surface area (Å²) in [5.41, 5.74) is 1.25. The molecule has 4 aliphatic carbocycles. The van der Waals surface area contributed by atoms with Crippen LogP contribution in [0.5, 0.6) is 0 Å². The molecule has 4 heteroatoms. The molecule has 5 rings (SSSR count). The van der Waals surface area contributed by atoms with E-state index in [0.29, 0.717) is 13.0 Å². The molecule has 0 aliphatic heterocycles. The van der Waals surface area contributed by atoms with E-state index in [1.807, 2.05) is 30.3 Å². The van der Waals surface area contributed by atoms with Gasteiger partial charge in [-0.2, -0.15) is 0 Å². The minimum Gasteiger partial charge on any atom is -0.345 e. The van der Waals surface area contributed by atoms with Crippen LogP contribution in [-0.4, -0.2) is 29.8 Å². The van der Waals surface area contributed by atoms with Crippen molar-refractivity contribution in [2.45, 2.75) is 63.5 Å². The lowest BCUT2D eigenvalue weighted by Crippen LogP contribution is -2.60. The van der Waals surface area contributed by atoms with E-state index >= 15 is 0 Å². The second kappa shape index (κ2) is 7.15. The van der Waals surface area contributed by atoms with Crippen molar-refractivity contribution < 1.29 is 9.59 Å². The number of rotatable bonds is 7. The lowest BCUT2D eigenvalue weighted by molar-refractivity contribution is -0.127. The first-order chi connectivity index (χ1) is 12.5. The standard InChI is InChI=1S/C22H30N2O2/c1-15(25)20(10-16-5-3-2-4-6-16)24-21(26)14-23-22-11-17-7-18(12-22)9-19(8-17)13-22/h2-6,17-20,23H,7-14H2,1H3,(H,24,26)/t17?,18?,19?,20-,22?/m1/s1. The van der Waals surface area contributed by atoms with Crippen LogP contribution in [0.2, 0.25) is 0 Å². The minimum atomic E-state index is -0.442. The third-order valence-corrected chi connectivity index (χ3v) is 6.77. The summed E-state index contributed by atoms with van der Waals surface area (Å²) in [6.07, 6.45) is 8.44. The van der Waals surface area contributed by atoms with E-state index in [1.54, 1.807) is 6.92 Å². The maximum Gasteiger partial charge on any atom is 0.234 e. The van der Waals surface area contributed by atoms with E-state index in [4.69, 9.17) is 0 Å². The smallest absolute Gasteiger partial charge is 0.234 e. The largest absolute Gasteiger partial charge is 0.345 e. The summed E-state index contributed by atoms with van der Waals surface area (Å²) in [5.74, 6) is 2.54. The van der Waals surface area contributed by atoms with Gasteiger partial charge in [0.25, 0.3) is 0 Å². The molecule has 4 nitrogen and oxygen atoms in total. The summed E-state index contributed by atoms with van der Waals surface area (Å²) in [6, 6.07) is 9.43. The lowest BCUT2D eigenvalue weighted by Gasteiger charge is -2.57. The molecule has 4 fully saturated rings. The zero-order valence-corrected chi connectivity index (χ0v) is 15.7. The Balaban J connectivity index is 1.32. The van der Waals surface area contributed by atoms with Crippen molar-refractivity contribution in [3.63, 3.8) is 0 Å². The van der Waals surface area contributed by atoms with Gasteiger partial charge in [0.1, 0.15) is 0 Å². The van der Waals surface area contributed by atoms with E-state index in [0.717, 1.165) is 23.3 Å². The van der Waals surface area contributed by atoms with Gasteiger partial charge in [-0.25, -0.2) is 0 Å². The van der Waals surface area contributed by atoms with Crippen molar-refractivity contribution in [3.05, 3.63) is 35.9 Å². The Hall–Kier alpha value is -1.68. The third kappa shape index (κ3) is 3.85. The van der Waals surface area contributed by atoms with Crippen LogP contribution in [0.1, 0.15) is 51.0 Å². The molecule has 1 atom stereocenters. The maximum atomic E-state index is 12.5. The van der Waals surface area contributed by atoms with Crippen LogP contribution in [0.25, 0.3) is 0 Å². The fraction of sp³-hybridized carbons (Fsp3) is 0.636. The second-order valence-electron chi connectivity index (χ2n) is 8.97. The average molecular weight is 354 g/mol. The highest BCUT2D eigenvalue weighted by Crippen LogP contribution is 2.55. The van der Waals surface area contributed by atoms with Crippen molar-refractivity contribution in [1.29, 1.82) is 0 Å². The van der Waals surface area contributed by atoms with Crippen LogP contribution in [0.15, 0.2) is 30.3 Å². The summed E-state index contributed by atoms with van der Waals surface area (Å²) in [6.45, 7) is 1.88. The number of hydrogen-bond donors (Lipinski definition) is 2. The van der Waals surface area contributed by atoms with Gasteiger partial charge in [0.05, 0.1) is 12.6 Å². The zero-order valence-electron chi connectivity index (χ0n) is 15.7. The van der Waals surface area contributed by atoms with Gasteiger partial charge in [0.15, 0.2) is 5.78 Å². The minimum absolute atomic E-state index is 0.0111. The Bertz CT molecular complexity index is 635. The van der Waals surface area contributed by atoms with E-state index < -0.39 is 6.04 Å². The predicted octanol–water partition coefficient (Wildman–Crippen LogP) is 2.86. The quantitative estimate of drug-likeness (QED) is 0.792. The number of carbonyl (C=O) groups is 2. The van der Waals surface area contributed by atoms with Gasteiger partial charge in [-0.1, -0.05) is 30.3 Å². The highest BCUT2D eigenvalue weighted by atomic mass is 16.2. The van der Waals surface area contributed by atoms with Crippen LogP contribution in [0.3, 0.4) is 0 Å². The van der Waals surface area contributed by atoms with Gasteiger partial charge >= 0.3 is 0 Å². The molecular weight excluding hydrogens is 324 g/mol. The summed E-state index contributed by atoms with van der Waals surface area (Å²) in [4.78, 5) is 24.5. The molecule has 1 aromatic rings. The Morgan fingerprint density at radius 2 is 1.62 bits per heavy atom. The van der Waals surface area contributed by atoms with Gasteiger partial charge in [0.2, 0.25) is 5.91 Å².